The molecule has 0 spiro atoms. The van der Waals surface area contributed by atoms with Crippen LogP contribution in [0.2, 0.25) is 0 Å². The van der Waals surface area contributed by atoms with Crippen LogP contribution < -0.4 is 5.73 Å². The molecule has 0 saturated heterocycles. The molecule has 1 heterocycles. The Kier molecular flexibility index (Phi) is 2.40. The van der Waals surface area contributed by atoms with E-state index in [-0.39, 0.29) is 0 Å². The molecule has 3 heteroatoms. The van der Waals surface area contributed by atoms with Crippen molar-refractivity contribution in [3.63, 3.8) is 0 Å². The Morgan fingerprint density at radius 1 is 1.25 bits per heavy atom. The van der Waals surface area contributed by atoms with Crippen LogP contribution in [0.1, 0.15) is 30.2 Å². The van der Waals surface area contributed by atoms with Gasteiger partial charge in [0.25, 0.3) is 0 Å². The molecular weight excluding hydrogens is 216 g/mol. The van der Waals surface area contributed by atoms with E-state index in [1.54, 1.807) is 11.3 Å². The molecule has 2 N–H and O–H groups in total. The normalized spacial score (nSPS) is 16.0. The van der Waals surface area contributed by atoms with Gasteiger partial charge in [-0.1, -0.05) is 24.6 Å². The van der Waals surface area contributed by atoms with E-state index in [1.807, 2.05) is 24.3 Å². The van der Waals surface area contributed by atoms with Crippen molar-refractivity contribution in [3.8, 4) is 11.3 Å². The van der Waals surface area contributed by atoms with Gasteiger partial charge in [-0.25, -0.2) is 4.98 Å². The zero-order valence-electron chi connectivity index (χ0n) is 9.02. The molecule has 82 valence electrons. The Morgan fingerprint density at radius 2 is 2.06 bits per heavy atom. The van der Waals surface area contributed by atoms with E-state index in [2.05, 4.69) is 5.38 Å². The molecule has 16 heavy (non-hydrogen) atoms. The molecule has 0 bridgehead atoms. The standard InChI is InChI=1S/C13H14N2S/c14-11-7-2-1-6-10(11)12-8-16-13(15-12)9-4-3-5-9/h1-2,6-9H,3-5,14H2. The molecule has 0 unspecified atom stereocenters. The number of hydrogen-bond donors (Lipinski definition) is 1. The maximum Gasteiger partial charge on any atom is 0.0963 e. The average Bonchev–Trinajstić information content (AvgIpc) is 2.65. The molecule has 0 aliphatic heterocycles. The summed E-state index contributed by atoms with van der Waals surface area (Å²) in [5.74, 6) is 0.712. The summed E-state index contributed by atoms with van der Waals surface area (Å²) in [4.78, 5) is 4.70. The lowest BCUT2D eigenvalue weighted by molar-refractivity contribution is 0.418. The average molecular weight is 230 g/mol. The monoisotopic (exact) mass is 230 g/mol. The Morgan fingerprint density at radius 3 is 2.75 bits per heavy atom. The van der Waals surface area contributed by atoms with Crippen molar-refractivity contribution in [2.45, 2.75) is 25.2 Å². The predicted molar refractivity (Wildman–Crippen MR) is 68.6 cm³/mol. The molecule has 2 aromatic rings. The minimum atomic E-state index is 0.712. The highest BCUT2D eigenvalue weighted by molar-refractivity contribution is 7.10. The highest BCUT2D eigenvalue weighted by Gasteiger charge is 2.22. The van der Waals surface area contributed by atoms with Crippen LogP contribution in [-0.4, -0.2) is 4.98 Å². The third-order valence-electron chi connectivity index (χ3n) is 3.21. The van der Waals surface area contributed by atoms with Crippen molar-refractivity contribution >= 4 is 17.0 Å². The Bertz CT molecular complexity index is 500. The molecular formula is C13H14N2S. The van der Waals surface area contributed by atoms with E-state index in [1.165, 1.54) is 24.3 Å². The first-order valence-corrected chi connectivity index (χ1v) is 6.53. The van der Waals surface area contributed by atoms with Crippen LogP contribution in [0, 0.1) is 0 Å². The smallest absolute Gasteiger partial charge is 0.0963 e. The second-order valence-corrected chi connectivity index (χ2v) is 5.18. The number of nitrogen functional groups attached to an aromatic ring is 1. The fourth-order valence-electron chi connectivity index (χ4n) is 1.98. The summed E-state index contributed by atoms with van der Waals surface area (Å²) in [7, 11) is 0. The van der Waals surface area contributed by atoms with Gasteiger partial charge in [-0.3, -0.25) is 0 Å². The zero-order chi connectivity index (χ0) is 11.0. The Balaban J connectivity index is 1.95. The number of nitrogens with zero attached hydrogens (tertiary/aromatic N) is 1. The molecule has 3 rings (SSSR count). The van der Waals surface area contributed by atoms with E-state index < -0.39 is 0 Å². The quantitative estimate of drug-likeness (QED) is 0.800. The van der Waals surface area contributed by atoms with Gasteiger partial charge in [0.1, 0.15) is 0 Å². The van der Waals surface area contributed by atoms with Gasteiger partial charge in [0.05, 0.1) is 10.7 Å². The number of thiazole rings is 1. The first kappa shape index (κ1) is 9.85. The second kappa shape index (κ2) is 3.91. The fourth-order valence-corrected chi connectivity index (χ4v) is 2.98. The highest BCUT2D eigenvalue weighted by Crippen LogP contribution is 2.39. The van der Waals surface area contributed by atoms with Crippen LogP contribution in [0.4, 0.5) is 5.69 Å². The molecule has 1 saturated carbocycles. The first-order chi connectivity index (χ1) is 7.84. The van der Waals surface area contributed by atoms with Gasteiger partial charge in [0.15, 0.2) is 0 Å². The number of aromatic nitrogens is 1. The van der Waals surface area contributed by atoms with Gasteiger partial charge in [0.2, 0.25) is 0 Å². The molecule has 1 aromatic heterocycles. The number of para-hydroxylation sites is 1. The molecule has 0 radical (unpaired) electrons. The minimum absolute atomic E-state index is 0.712. The lowest BCUT2D eigenvalue weighted by atomic mass is 9.86. The summed E-state index contributed by atoms with van der Waals surface area (Å²) in [5, 5.41) is 3.41. The number of rotatable bonds is 2. The van der Waals surface area contributed by atoms with Crippen molar-refractivity contribution in [2.24, 2.45) is 0 Å². The molecule has 1 fully saturated rings. The summed E-state index contributed by atoms with van der Waals surface area (Å²) in [6.45, 7) is 0. The number of benzene rings is 1. The van der Waals surface area contributed by atoms with Gasteiger partial charge >= 0.3 is 0 Å². The Labute approximate surface area is 99.1 Å². The van der Waals surface area contributed by atoms with Crippen molar-refractivity contribution < 1.29 is 0 Å². The lowest BCUT2D eigenvalue weighted by Crippen LogP contribution is -2.08. The van der Waals surface area contributed by atoms with E-state index in [0.29, 0.717) is 5.92 Å². The van der Waals surface area contributed by atoms with Crippen LogP contribution in [0.15, 0.2) is 29.6 Å². The van der Waals surface area contributed by atoms with Gasteiger partial charge in [-0.05, 0) is 18.9 Å². The third-order valence-corrected chi connectivity index (χ3v) is 4.22. The zero-order valence-corrected chi connectivity index (χ0v) is 9.83. The van der Waals surface area contributed by atoms with Crippen LogP contribution >= 0.6 is 11.3 Å². The van der Waals surface area contributed by atoms with Gasteiger partial charge in [-0.2, -0.15) is 0 Å². The molecule has 1 aliphatic rings. The van der Waals surface area contributed by atoms with Crippen LogP contribution in [-0.2, 0) is 0 Å². The van der Waals surface area contributed by atoms with Crippen LogP contribution in [0.5, 0.6) is 0 Å². The highest BCUT2D eigenvalue weighted by atomic mass is 32.1. The number of anilines is 1. The van der Waals surface area contributed by atoms with Crippen molar-refractivity contribution in [1.29, 1.82) is 0 Å². The number of nitrogens with two attached hydrogens (primary N) is 1. The predicted octanol–water partition coefficient (Wildman–Crippen LogP) is 3.66. The molecule has 1 aromatic carbocycles. The fraction of sp³-hybridized carbons (Fsp3) is 0.308. The van der Waals surface area contributed by atoms with Crippen LogP contribution in [0.25, 0.3) is 11.3 Å². The van der Waals surface area contributed by atoms with Crippen molar-refractivity contribution in [3.05, 3.63) is 34.7 Å². The summed E-state index contributed by atoms with van der Waals surface area (Å²) < 4.78 is 0. The van der Waals surface area contributed by atoms with Gasteiger partial charge < -0.3 is 5.73 Å². The number of hydrogen-bond acceptors (Lipinski definition) is 3. The molecule has 1 aliphatic carbocycles. The van der Waals surface area contributed by atoms with E-state index in [0.717, 1.165) is 16.9 Å². The van der Waals surface area contributed by atoms with E-state index in [4.69, 9.17) is 10.7 Å². The SMILES string of the molecule is Nc1ccccc1-c1csc(C2CCC2)n1. The third kappa shape index (κ3) is 1.61. The Hall–Kier alpha value is -1.35. The summed E-state index contributed by atoms with van der Waals surface area (Å²) in [6, 6.07) is 7.93. The second-order valence-electron chi connectivity index (χ2n) is 4.29. The van der Waals surface area contributed by atoms with Crippen LogP contribution in [0.3, 0.4) is 0 Å². The topological polar surface area (TPSA) is 38.9 Å². The maximum atomic E-state index is 5.95. The summed E-state index contributed by atoms with van der Waals surface area (Å²) in [5.41, 5.74) is 8.85. The van der Waals surface area contributed by atoms with Crippen molar-refractivity contribution in [1.82, 2.24) is 4.98 Å². The largest absolute Gasteiger partial charge is 0.398 e. The first-order valence-electron chi connectivity index (χ1n) is 5.65. The molecule has 0 atom stereocenters. The summed E-state index contributed by atoms with van der Waals surface area (Å²) >= 11 is 1.77. The molecule has 2 nitrogen and oxygen atoms in total. The van der Waals surface area contributed by atoms with E-state index >= 15 is 0 Å². The van der Waals surface area contributed by atoms with Crippen molar-refractivity contribution in [2.75, 3.05) is 5.73 Å². The molecule has 0 amide bonds. The summed E-state index contributed by atoms with van der Waals surface area (Å²) in [6.07, 6.45) is 3.96. The van der Waals surface area contributed by atoms with E-state index in [9.17, 15) is 0 Å². The van der Waals surface area contributed by atoms with Gasteiger partial charge in [0, 0.05) is 22.5 Å². The van der Waals surface area contributed by atoms with Gasteiger partial charge in [-0.15, -0.1) is 11.3 Å². The minimum Gasteiger partial charge on any atom is -0.398 e. The maximum absolute atomic E-state index is 5.95. The lowest BCUT2D eigenvalue weighted by Gasteiger charge is -2.22.